The van der Waals surface area contributed by atoms with Crippen LogP contribution in [0.4, 0.5) is 0 Å². The van der Waals surface area contributed by atoms with Gasteiger partial charge in [-0.25, -0.2) is 13.1 Å². The van der Waals surface area contributed by atoms with Crippen molar-refractivity contribution in [3.63, 3.8) is 0 Å². The summed E-state index contributed by atoms with van der Waals surface area (Å²) in [5.74, 6) is 1.08. The molecule has 0 fully saturated rings. The van der Waals surface area contributed by atoms with Crippen LogP contribution in [0.1, 0.15) is 25.5 Å². The van der Waals surface area contributed by atoms with E-state index in [0.717, 1.165) is 11.3 Å². The highest BCUT2D eigenvalue weighted by Crippen LogP contribution is 2.25. The van der Waals surface area contributed by atoms with Gasteiger partial charge in [-0.3, -0.25) is 0 Å². The zero-order chi connectivity index (χ0) is 16.9. The molecule has 1 atom stereocenters. The molecule has 0 aliphatic heterocycles. The van der Waals surface area contributed by atoms with Gasteiger partial charge in [-0.05, 0) is 43.7 Å². The van der Waals surface area contributed by atoms with Gasteiger partial charge in [-0.15, -0.1) is 0 Å². The highest BCUT2D eigenvalue weighted by atomic mass is 32.2. The second-order valence-corrected chi connectivity index (χ2v) is 6.68. The summed E-state index contributed by atoms with van der Waals surface area (Å²) >= 11 is 0. The van der Waals surface area contributed by atoms with Gasteiger partial charge in [0, 0.05) is 6.04 Å². The first-order chi connectivity index (χ1) is 11.0. The predicted molar refractivity (Wildman–Crippen MR) is 89.3 cm³/mol. The van der Waals surface area contributed by atoms with Crippen LogP contribution in [0.3, 0.4) is 0 Å². The Morgan fingerprint density at radius 2 is 1.74 bits per heavy atom. The number of nitrogens with one attached hydrogen (secondary N) is 1. The van der Waals surface area contributed by atoms with Crippen LogP contribution in [0.15, 0.2) is 53.4 Å². The largest absolute Gasteiger partial charge is 0.495 e. The smallest absolute Gasteiger partial charge is 0.244 e. The molecule has 0 aliphatic carbocycles. The second kappa shape index (κ2) is 7.48. The molecule has 0 amide bonds. The van der Waals surface area contributed by atoms with Gasteiger partial charge in [0.2, 0.25) is 10.0 Å². The lowest BCUT2D eigenvalue weighted by molar-refractivity contribution is 0.340. The minimum Gasteiger partial charge on any atom is -0.495 e. The quantitative estimate of drug-likeness (QED) is 0.844. The van der Waals surface area contributed by atoms with E-state index < -0.39 is 10.0 Å². The van der Waals surface area contributed by atoms with E-state index in [1.807, 2.05) is 31.2 Å². The van der Waals surface area contributed by atoms with Crippen molar-refractivity contribution in [1.82, 2.24) is 4.72 Å². The number of ether oxygens (including phenoxy) is 2. The zero-order valence-corrected chi connectivity index (χ0v) is 14.3. The van der Waals surface area contributed by atoms with E-state index in [-0.39, 0.29) is 10.9 Å². The van der Waals surface area contributed by atoms with E-state index in [1.54, 1.807) is 25.1 Å². The van der Waals surface area contributed by atoms with Gasteiger partial charge in [0.25, 0.3) is 0 Å². The van der Waals surface area contributed by atoms with Crippen molar-refractivity contribution in [1.29, 1.82) is 0 Å². The van der Waals surface area contributed by atoms with Gasteiger partial charge in [-0.1, -0.05) is 24.3 Å². The molecule has 2 aromatic rings. The number of benzene rings is 2. The lowest BCUT2D eigenvalue weighted by atomic mass is 10.1. The average Bonchev–Trinajstić information content (AvgIpc) is 2.55. The minimum atomic E-state index is -3.68. The summed E-state index contributed by atoms with van der Waals surface area (Å²) in [5, 5.41) is 0. The topological polar surface area (TPSA) is 64.6 Å². The van der Waals surface area contributed by atoms with Crippen molar-refractivity contribution in [2.75, 3.05) is 13.7 Å². The molecule has 1 unspecified atom stereocenters. The van der Waals surface area contributed by atoms with Gasteiger partial charge < -0.3 is 9.47 Å². The fourth-order valence-electron chi connectivity index (χ4n) is 2.22. The Morgan fingerprint density at radius 1 is 1.09 bits per heavy atom. The van der Waals surface area contributed by atoms with Gasteiger partial charge in [0.15, 0.2) is 0 Å². The first kappa shape index (κ1) is 17.3. The molecule has 0 saturated heterocycles. The number of sulfonamides is 1. The maximum Gasteiger partial charge on any atom is 0.244 e. The normalized spacial score (nSPS) is 12.7. The summed E-state index contributed by atoms with van der Waals surface area (Å²) in [6, 6.07) is 13.5. The summed E-state index contributed by atoms with van der Waals surface area (Å²) in [6.07, 6.45) is 0. The molecular weight excluding hydrogens is 314 g/mol. The number of hydrogen-bond donors (Lipinski definition) is 1. The standard InChI is InChI=1S/C17H21NO4S/c1-4-22-15-11-9-14(10-12-15)13(2)18-23(19,20)17-8-6-5-7-16(17)21-3/h5-13,18H,4H2,1-3H3. The van der Waals surface area contributed by atoms with Crippen molar-refractivity contribution in [2.45, 2.75) is 24.8 Å². The van der Waals surface area contributed by atoms with Gasteiger partial charge >= 0.3 is 0 Å². The summed E-state index contributed by atoms with van der Waals surface area (Å²) in [6.45, 7) is 4.30. The summed E-state index contributed by atoms with van der Waals surface area (Å²) in [4.78, 5) is 0.125. The van der Waals surface area contributed by atoms with E-state index in [0.29, 0.717) is 12.4 Å². The average molecular weight is 335 g/mol. The molecular formula is C17H21NO4S. The molecule has 5 nitrogen and oxygen atoms in total. The lowest BCUT2D eigenvalue weighted by Gasteiger charge is -2.16. The van der Waals surface area contributed by atoms with Crippen LogP contribution in [0.25, 0.3) is 0 Å². The Bertz CT molecular complexity index is 741. The molecule has 6 heteroatoms. The molecule has 2 rings (SSSR count). The molecule has 0 bridgehead atoms. The molecule has 124 valence electrons. The van der Waals surface area contributed by atoms with Crippen LogP contribution in [-0.2, 0) is 10.0 Å². The molecule has 23 heavy (non-hydrogen) atoms. The maximum atomic E-state index is 12.5. The van der Waals surface area contributed by atoms with E-state index >= 15 is 0 Å². The predicted octanol–water partition coefficient (Wildman–Crippen LogP) is 3.13. The third-order valence-corrected chi connectivity index (χ3v) is 4.96. The zero-order valence-electron chi connectivity index (χ0n) is 13.4. The van der Waals surface area contributed by atoms with Gasteiger partial charge in [-0.2, -0.15) is 0 Å². The SMILES string of the molecule is CCOc1ccc(C(C)NS(=O)(=O)c2ccccc2OC)cc1. The number of rotatable bonds is 7. The molecule has 1 N–H and O–H groups in total. The van der Waals surface area contributed by atoms with Gasteiger partial charge in [0.05, 0.1) is 13.7 Å². The number of para-hydroxylation sites is 1. The molecule has 0 saturated carbocycles. The number of hydrogen-bond acceptors (Lipinski definition) is 4. The number of methoxy groups -OCH3 is 1. The van der Waals surface area contributed by atoms with Crippen LogP contribution in [-0.4, -0.2) is 22.1 Å². The fraction of sp³-hybridized carbons (Fsp3) is 0.294. The Balaban J connectivity index is 2.19. The molecule has 0 radical (unpaired) electrons. The highest BCUT2D eigenvalue weighted by molar-refractivity contribution is 7.89. The summed E-state index contributed by atoms with van der Waals surface area (Å²) in [7, 11) is -2.23. The fourth-order valence-corrected chi connectivity index (χ4v) is 3.63. The van der Waals surface area contributed by atoms with E-state index in [2.05, 4.69) is 4.72 Å². The first-order valence-electron chi connectivity index (χ1n) is 7.36. The Morgan fingerprint density at radius 3 is 2.35 bits per heavy atom. The second-order valence-electron chi connectivity index (χ2n) is 5.00. The third-order valence-electron chi connectivity index (χ3n) is 3.38. The third kappa shape index (κ3) is 4.24. The molecule has 0 aliphatic rings. The molecule has 2 aromatic carbocycles. The Kier molecular flexibility index (Phi) is 5.63. The maximum absolute atomic E-state index is 12.5. The minimum absolute atomic E-state index is 0.125. The van der Waals surface area contributed by atoms with Crippen molar-refractivity contribution >= 4 is 10.0 Å². The first-order valence-corrected chi connectivity index (χ1v) is 8.84. The molecule has 0 aromatic heterocycles. The molecule has 0 heterocycles. The van der Waals surface area contributed by atoms with Crippen molar-refractivity contribution in [3.05, 3.63) is 54.1 Å². The van der Waals surface area contributed by atoms with Crippen LogP contribution < -0.4 is 14.2 Å². The van der Waals surface area contributed by atoms with Crippen LogP contribution in [0, 0.1) is 0 Å². The highest BCUT2D eigenvalue weighted by Gasteiger charge is 2.21. The van der Waals surface area contributed by atoms with E-state index in [9.17, 15) is 8.42 Å². The summed E-state index contributed by atoms with van der Waals surface area (Å²) < 4.78 is 38.3. The Labute approximate surface area is 137 Å². The van der Waals surface area contributed by atoms with Gasteiger partial charge in [0.1, 0.15) is 16.4 Å². The Hall–Kier alpha value is -2.05. The van der Waals surface area contributed by atoms with Crippen molar-refractivity contribution in [2.24, 2.45) is 0 Å². The van der Waals surface area contributed by atoms with Crippen molar-refractivity contribution in [3.8, 4) is 11.5 Å². The molecule has 0 spiro atoms. The monoisotopic (exact) mass is 335 g/mol. The van der Waals surface area contributed by atoms with Crippen molar-refractivity contribution < 1.29 is 17.9 Å². The van der Waals surface area contributed by atoms with Crippen LogP contribution in [0.2, 0.25) is 0 Å². The van der Waals surface area contributed by atoms with Crippen LogP contribution >= 0.6 is 0 Å². The van der Waals surface area contributed by atoms with E-state index in [4.69, 9.17) is 9.47 Å². The summed E-state index contributed by atoms with van der Waals surface area (Å²) in [5.41, 5.74) is 0.854. The van der Waals surface area contributed by atoms with E-state index in [1.165, 1.54) is 13.2 Å². The van der Waals surface area contributed by atoms with Crippen LogP contribution in [0.5, 0.6) is 11.5 Å². The lowest BCUT2D eigenvalue weighted by Crippen LogP contribution is -2.27.